The van der Waals surface area contributed by atoms with E-state index in [0.717, 1.165) is 6.08 Å². The summed E-state index contributed by atoms with van der Waals surface area (Å²) in [6.45, 7) is 7.36. The van der Waals surface area contributed by atoms with Gasteiger partial charge in [0, 0.05) is 23.6 Å². The van der Waals surface area contributed by atoms with Gasteiger partial charge in [-0.3, -0.25) is 5.32 Å². The van der Waals surface area contributed by atoms with Crippen LogP contribution >= 0.6 is 23.2 Å². The molecule has 6 nitrogen and oxygen atoms in total. The number of aromatic nitrogens is 2. The fraction of sp³-hybridized carbons (Fsp3) is 0.214. The van der Waals surface area contributed by atoms with Gasteiger partial charge in [-0.25, -0.2) is 9.18 Å². The molecule has 2 rings (SSSR count). The highest BCUT2D eigenvalue weighted by Crippen LogP contribution is 2.24. The van der Waals surface area contributed by atoms with E-state index in [2.05, 4.69) is 28.7 Å². The van der Waals surface area contributed by atoms with Gasteiger partial charge in [0.25, 0.3) is 0 Å². The zero-order valence-corrected chi connectivity index (χ0v) is 13.5. The van der Waals surface area contributed by atoms with E-state index in [1.165, 1.54) is 11.0 Å². The third-order valence-electron chi connectivity index (χ3n) is 2.89. The minimum atomic E-state index is -0.632. The zero-order chi connectivity index (χ0) is 17.0. The maximum Gasteiger partial charge on any atom is 0.325 e. The number of halogens is 3. The molecule has 0 spiro atoms. The van der Waals surface area contributed by atoms with E-state index in [0.29, 0.717) is 23.0 Å². The van der Waals surface area contributed by atoms with Gasteiger partial charge in [0.05, 0.1) is 11.6 Å². The molecule has 0 saturated heterocycles. The molecule has 1 aliphatic heterocycles. The van der Waals surface area contributed by atoms with Crippen molar-refractivity contribution in [3.05, 3.63) is 47.1 Å². The van der Waals surface area contributed by atoms with Crippen LogP contribution in [-0.4, -0.2) is 34.2 Å². The van der Waals surface area contributed by atoms with Crippen molar-refractivity contribution >= 4 is 40.8 Å². The third kappa shape index (κ3) is 4.67. The summed E-state index contributed by atoms with van der Waals surface area (Å²) in [6, 6.07) is -0.545. The van der Waals surface area contributed by atoms with Crippen LogP contribution in [-0.2, 0) is 0 Å². The van der Waals surface area contributed by atoms with Gasteiger partial charge in [-0.1, -0.05) is 41.5 Å². The normalized spacial score (nSPS) is 15.2. The molecule has 122 valence electrons. The SMILES string of the molecule is C=C(F)/C=C\C(=C)c1nnc(NC(=O)N2CCC(Cl)=C(Cl)C2)o1. The van der Waals surface area contributed by atoms with Crippen molar-refractivity contribution in [1.82, 2.24) is 15.1 Å². The van der Waals surface area contributed by atoms with E-state index in [4.69, 9.17) is 27.6 Å². The Balaban J connectivity index is 1.98. The van der Waals surface area contributed by atoms with E-state index in [1.54, 1.807) is 0 Å². The van der Waals surface area contributed by atoms with Crippen molar-refractivity contribution in [2.24, 2.45) is 0 Å². The van der Waals surface area contributed by atoms with Crippen LogP contribution in [0, 0.1) is 0 Å². The first-order chi connectivity index (χ1) is 10.9. The van der Waals surface area contributed by atoms with Crippen LogP contribution < -0.4 is 5.32 Å². The van der Waals surface area contributed by atoms with Crippen molar-refractivity contribution in [1.29, 1.82) is 0 Å². The molecular formula is C14H13Cl2FN4O2. The second kappa shape index (κ2) is 7.43. The van der Waals surface area contributed by atoms with Crippen LogP contribution in [0.4, 0.5) is 15.2 Å². The molecule has 0 unspecified atom stereocenters. The first kappa shape index (κ1) is 17.2. The third-order valence-corrected chi connectivity index (χ3v) is 3.75. The number of allylic oxidation sites excluding steroid dienone is 4. The number of nitrogens with one attached hydrogen (secondary N) is 1. The minimum absolute atomic E-state index is 0.0532. The second-order valence-electron chi connectivity index (χ2n) is 4.63. The smallest absolute Gasteiger partial charge is 0.325 e. The maximum atomic E-state index is 12.5. The lowest BCUT2D eigenvalue weighted by Gasteiger charge is -2.26. The van der Waals surface area contributed by atoms with Gasteiger partial charge in [0.2, 0.25) is 5.89 Å². The van der Waals surface area contributed by atoms with Crippen molar-refractivity contribution < 1.29 is 13.6 Å². The highest BCUT2D eigenvalue weighted by Gasteiger charge is 2.22. The van der Waals surface area contributed by atoms with Crippen molar-refractivity contribution in [3.63, 3.8) is 0 Å². The first-order valence-corrected chi connectivity index (χ1v) is 7.26. The van der Waals surface area contributed by atoms with Gasteiger partial charge in [-0.15, -0.1) is 5.10 Å². The van der Waals surface area contributed by atoms with Crippen LogP contribution in [0.2, 0.25) is 0 Å². The number of urea groups is 1. The van der Waals surface area contributed by atoms with Gasteiger partial charge in [0.15, 0.2) is 0 Å². The van der Waals surface area contributed by atoms with Gasteiger partial charge < -0.3 is 9.32 Å². The Labute approximate surface area is 141 Å². The molecule has 1 N–H and O–H groups in total. The number of anilines is 1. The Kier molecular flexibility index (Phi) is 5.57. The molecule has 1 aromatic heterocycles. The lowest BCUT2D eigenvalue weighted by Crippen LogP contribution is -2.38. The molecule has 0 radical (unpaired) electrons. The topological polar surface area (TPSA) is 71.3 Å². The number of carbonyl (C=O) groups is 1. The molecule has 0 bridgehead atoms. The summed E-state index contributed by atoms with van der Waals surface area (Å²) in [4.78, 5) is 13.5. The van der Waals surface area contributed by atoms with Crippen LogP contribution in [0.1, 0.15) is 12.3 Å². The van der Waals surface area contributed by atoms with Gasteiger partial charge in [0.1, 0.15) is 5.83 Å². The van der Waals surface area contributed by atoms with Gasteiger partial charge in [-0.2, -0.15) is 0 Å². The predicted molar refractivity (Wildman–Crippen MR) is 86.7 cm³/mol. The molecule has 1 aliphatic rings. The Morgan fingerprint density at radius 1 is 1.30 bits per heavy atom. The summed E-state index contributed by atoms with van der Waals surface area (Å²) < 4.78 is 17.8. The number of carbonyl (C=O) groups excluding carboxylic acids is 1. The average molecular weight is 359 g/mol. The van der Waals surface area contributed by atoms with Crippen LogP contribution in [0.25, 0.3) is 5.57 Å². The highest BCUT2D eigenvalue weighted by atomic mass is 35.5. The number of hydrogen-bond acceptors (Lipinski definition) is 4. The van der Waals surface area contributed by atoms with Crippen molar-refractivity contribution in [2.45, 2.75) is 6.42 Å². The molecule has 23 heavy (non-hydrogen) atoms. The van der Waals surface area contributed by atoms with Crippen molar-refractivity contribution in [2.75, 3.05) is 18.4 Å². The zero-order valence-electron chi connectivity index (χ0n) is 12.0. The molecule has 9 heteroatoms. The van der Waals surface area contributed by atoms with E-state index >= 15 is 0 Å². The summed E-state index contributed by atoms with van der Waals surface area (Å²) in [5.74, 6) is -0.578. The van der Waals surface area contributed by atoms with E-state index in [1.807, 2.05) is 0 Å². The maximum absolute atomic E-state index is 12.5. The minimum Gasteiger partial charge on any atom is -0.403 e. The largest absolute Gasteiger partial charge is 0.403 e. The first-order valence-electron chi connectivity index (χ1n) is 6.51. The predicted octanol–water partition coefficient (Wildman–Crippen LogP) is 4.05. The number of hydrogen-bond donors (Lipinski definition) is 1. The quantitative estimate of drug-likeness (QED) is 0.824. The molecule has 0 saturated carbocycles. The summed E-state index contributed by atoms with van der Waals surface area (Å²) >= 11 is 11.8. The molecule has 2 heterocycles. The van der Waals surface area contributed by atoms with Crippen LogP contribution in [0.3, 0.4) is 0 Å². The summed E-state index contributed by atoms with van der Waals surface area (Å²) in [5, 5.41) is 10.8. The second-order valence-corrected chi connectivity index (χ2v) is 5.54. The lowest BCUT2D eigenvalue weighted by molar-refractivity contribution is 0.215. The summed E-state index contributed by atoms with van der Waals surface area (Å²) in [5.41, 5.74) is 0.285. The highest BCUT2D eigenvalue weighted by molar-refractivity contribution is 6.39. The Hall–Kier alpha value is -2.12. The van der Waals surface area contributed by atoms with Gasteiger partial charge in [-0.05, 0) is 12.2 Å². The van der Waals surface area contributed by atoms with Crippen LogP contribution in [0.15, 0.2) is 45.6 Å². The molecular weight excluding hydrogens is 346 g/mol. The van der Waals surface area contributed by atoms with Crippen LogP contribution in [0.5, 0.6) is 0 Å². The summed E-state index contributed by atoms with van der Waals surface area (Å²) in [6.07, 6.45) is 2.92. The Morgan fingerprint density at radius 2 is 2.04 bits per heavy atom. The molecule has 2 amide bonds. The van der Waals surface area contributed by atoms with E-state index < -0.39 is 11.9 Å². The monoisotopic (exact) mass is 358 g/mol. The fourth-order valence-electron chi connectivity index (χ4n) is 1.71. The average Bonchev–Trinajstić information content (AvgIpc) is 2.96. The standard InChI is InChI=1S/C14H13Cl2FN4O2/c1-8(3-4-9(2)17)12-19-20-13(23-12)18-14(22)21-6-5-10(15)11(16)7-21/h3-4H,1-2,5-7H2,(H,18,20,22)/b4-3-. The van der Waals surface area contributed by atoms with E-state index in [9.17, 15) is 9.18 Å². The molecule has 0 fully saturated rings. The van der Waals surface area contributed by atoms with Gasteiger partial charge >= 0.3 is 12.0 Å². The van der Waals surface area contributed by atoms with E-state index in [-0.39, 0.29) is 24.0 Å². The number of nitrogens with zero attached hydrogens (tertiary/aromatic N) is 3. The molecule has 0 aliphatic carbocycles. The number of rotatable bonds is 4. The summed E-state index contributed by atoms with van der Waals surface area (Å²) in [7, 11) is 0. The lowest BCUT2D eigenvalue weighted by atomic mass is 10.2. The Morgan fingerprint density at radius 3 is 2.70 bits per heavy atom. The fourth-order valence-corrected chi connectivity index (χ4v) is 2.09. The number of amides is 2. The molecule has 0 atom stereocenters. The molecule has 0 aromatic carbocycles. The molecule has 1 aromatic rings. The van der Waals surface area contributed by atoms with Crippen molar-refractivity contribution in [3.8, 4) is 0 Å². The Bertz CT molecular complexity index is 711.